The minimum atomic E-state index is -1.18. The maximum Gasteiger partial charge on any atom is 2.00 e. The van der Waals surface area contributed by atoms with Gasteiger partial charge in [0.1, 0.15) is 5.82 Å². The first-order valence-electron chi connectivity index (χ1n) is 14.6. The number of nitrogens with one attached hydrogen (secondary N) is 1. The Kier molecular flexibility index (Phi) is 15.6. The average molecular weight is 661 g/mol. The quantitative estimate of drug-likeness (QED) is 0.113. The Bertz CT molecular complexity index is 1580. The van der Waals surface area contributed by atoms with E-state index >= 15 is 0 Å². The minimum absolute atomic E-state index is 0. The number of halogens is 1. The van der Waals surface area contributed by atoms with Crippen LogP contribution in [0.2, 0.25) is 0 Å². The maximum absolute atomic E-state index is 14.0. The van der Waals surface area contributed by atoms with Crippen molar-refractivity contribution in [2.24, 2.45) is 0 Å². The van der Waals surface area contributed by atoms with Crippen molar-refractivity contribution in [3.8, 4) is 22.4 Å². The van der Waals surface area contributed by atoms with Crippen LogP contribution in [0.25, 0.3) is 22.4 Å². The number of aliphatic carboxylic acids is 2. The minimum Gasteiger partial charge on any atom is -1.00 e. The van der Waals surface area contributed by atoms with E-state index in [2.05, 4.69) is 5.32 Å². The Morgan fingerprint density at radius 2 is 1.39 bits per heavy atom. The van der Waals surface area contributed by atoms with Crippen LogP contribution in [0.15, 0.2) is 84.9 Å². The number of hydrogen-bond acceptors (Lipinski definition) is 5. The monoisotopic (exact) mass is 660 g/mol. The second-order valence-electron chi connectivity index (χ2n) is 10.9. The van der Waals surface area contributed by atoms with Gasteiger partial charge >= 0.3 is 43.7 Å². The van der Waals surface area contributed by atoms with Crippen molar-refractivity contribution in [3.05, 3.63) is 102 Å². The summed E-state index contributed by atoms with van der Waals surface area (Å²) < 4.78 is 16.0. The van der Waals surface area contributed by atoms with E-state index in [-0.39, 0.29) is 77.6 Å². The topological polar surface area (TPSA) is 149 Å². The maximum atomic E-state index is 14.0. The van der Waals surface area contributed by atoms with Crippen LogP contribution >= 0.6 is 0 Å². The van der Waals surface area contributed by atoms with E-state index in [1.54, 1.807) is 12.1 Å². The van der Waals surface area contributed by atoms with E-state index in [4.69, 9.17) is 15.0 Å². The summed E-state index contributed by atoms with van der Waals surface area (Å²) in [6.07, 6.45) is -2.51. The van der Waals surface area contributed by atoms with Crippen molar-refractivity contribution < 1.29 is 42.1 Å². The normalized spacial score (nSPS) is 11.9. The first kappa shape index (κ1) is 38.6. The third-order valence-corrected chi connectivity index (χ3v) is 6.93. The van der Waals surface area contributed by atoms with Gasteiger partial charge in [-0.05, 0) is 66.3 Å². The first-order valence-corrected chi connectivity index (χ1v) is 14.6. The molecule has 0 saturated heterocycles. The number of carbonyl (C=O) groups is 3. The number of rotatable bonds is 12. The zero-order valence-electron chi connectivity index (χ0n) is 28.2. The molecule has 4 rings (SSSR count). The van der Waals surface area contributed by atoms with Gasteiger partial charge in [-0.15, -0.1) is 0 Å². The van der Waals surface area contributed by atoms with Crippen molar-refractivity contribution in [3.63, 3.8) is 0 Å². The van der Waals surface area contributed by atoms with Crippen molar-refractivity contribution >= 4 is 61.3 Å². The number of carbonyl (C=O) groups excluding carboxylic acids is 1. The van der Waals surface area contributed by atoms with Crippen molar-refractivity contribution in [2.75, 3.05) is 5.32 Å². The molecule has 0 unspecified atom stereocenters. The Morgan fingerprint density at radius 3 is 1.91 bits per heavy atom. The molecular weight excluding hydrogens is 619 g/mol. The summed E-state index contributed by atoms with van der Waals surface area (Å²) in [7, 11) is 0. The fraction of sp³-hybridized carbons (Fsp3) is 0.286. The largest absolute Gasteiger partial charge is 2.00 e. The van der Waals surface area contributed by atoms with Gasteiger partial charge in [-0.2, -0.15) is 0 Å². The Balaban J connectivity index is 0.00000299. The molecule has 0 bridgehead atoms. The van der Waals surface area contributed by atoms with Crippen molar-refractivity contribution in [2.45, 2.75) is 64.7 Å². The third-order valence-electron chi connectivity index (χ3n) is 6.93. The fourth-order valence-corrected chi connectivity index (χ4v) is 5.20. The first-order chi connectivity index (χ1) is 21.4. The van der Waals surface area contributed by atoms with Crippen LogP contribution in [0.3, 0.4) is 0 Å². The SMILES string of the molecule is CC(=O)O.CC(C)c1c(C(=O)Nc2ccccc2)c(-c2ccccc2)c(-c2ccc(F)cc2)n1CC[C@@H](O)C[C@@H](O)CC(=O)O.[Ca+2].[H-].[H-]. The summed E-state index contributed by atoms with van der Waals surface area (Å²) in [5, 5.41) is 40.2. The summed E-state index contributed by atoms with van der Waals surface area (Å²) in [6.45, 7) is 5.34. The number of aliphatic hydroxyl groups is 2. The molecule has 1 amide bonds. The van der Waals surface area contributed by atoms with Gasteiger partial charge in [-0.1, -0.05) is 62.4 Å². The zero-order valence-corrected chi connectivity index (χ0v) is 28.4. The predicted octanol–water partition coefficient (Wildman–Crippen LogP) is 6.25. The molecule has 0 aliphatic rings. The van der Waals surface area contributed by atoms with E-state index in [0.29, 0.717) is 28.1 Å². The van der Waals surface area contributed by atoms with E-state index < -0.39 is 30.6 Å². The van der Waals surface area contributed by atoms with Crippen LogP contribution in [0, 0.1) is 5.82 Å². The molecule has 0 fully saturated rings. The standard InChI is InChI=1S/C33H35FN2O5.C2H4O2.Ca.2H/c1-21(2)31-30(33(41)35-25-11-7-4-8-12-25)29(22-9-5-3-6-10-22)32(23-13-15-24(34)16-14-23)36(31)18-17-26(37)19-27(38)20-28(39)40;1-2(3)4;;;/h3-16,21,26-27,37-38H,17-20H2,1-2H3,(H,35,41)(H,39,40);1H3,(H,3,4);;;/q;;+2;2*-1/t26-,27-;;;;/m1..../s1. The van der Waals surface area contributed by atoms with Gasteiger partial charge in [-0.3, -0.25) is 14.4 Å². The second-order valence-corrected chi connectivity index (χ2v) is 10.9. The number of anilines is 1. The molecule has 0 aliphatic carbocycles. The number of amides is 1. The number of para-hydroxylation sites is 1. The van der Waals surface area contributed by atoms with Gasteiger partial charge in [0.2, 0.25) is 0 Å². The van der Waals surface area contributed by atoms with Crippen LogP contribution in [0.1, 0.15) is 64.9 Å². The third kappa shape index (κ3) is 11.1. The Hall–Kier alpha value is -3.54. The molecule has 4 aromatic rings. The van der Waals surface area contributed by atoms with Crippen LogP contribution in [-0.4, -0.2) is 92.8 Å². The van der Waals surface area contributed by atoms with Crippen LogP contribution in [0.5, 0.6) is 0 Å². The van der Waals surface area contributed by atoms with Gasteiger partial charge in [0.15, 0.2) is 0 Å². The van der Waals surface area contributed by atoms with E-state index in [0.717, 1.165) is 18.2 Å². The number of carboxylic acid groups (broad SMARTS) is 2. The second kappa shape index (κ2) is 18.6. The van der Waals surface area contributed by atoms with Gasteiger partial charge in [0, 0.05) is 30.4 Å². The van der Waals surface area contributed by atoms with Gasteiger partial charge in [0.25, 0.3) is 11.9 Å². The molecule has 5 N–H and O–H groups in total. The van der Waals surface area contributed by atoms with Crippen molar-refractivity contribution in [1.29, 1.82) is 0 Å². The number of nitrogens with zero attached hydrogens (tertiary/aromatic N) is 1. The summed E-state index contributed by atoms with van der Waals surface area (Å²) in [6, 6.07) is 24.8. The number of benzene rings is 3. The molecule has 3 aromatic carbocycles. The average Bonchev–Trinajstić information content (AvgIpc) is 3.32. The molecule has 0 spiro atoms. The molecule has 46 heavy (non-hydrogen) atoms. The van der Waals surface area contributed by atoms with Gasteiger partial charge in [0.05, 0.1) is 29.9 Å². The molecule has 1 heterocycles. The van der Waals surface area contributed by atoms with E-state index in [9.17, 15) is 24.2 Å². The molecule has 11 heteroatoms. The summed E-state index contributed by atoms with van der Waals surface area (Å²) in [5.74, 6) is -2.77. The zero-order chi connectivity index (χ0) is 33.1. The number of aromatic nitrogens is 1. The van der Waals surface area contributed by atoms with Crippen LogP contribution < -0.4 is 5.32 Å². The number of carboxylic acids is 2. The van der Waals surface area contributed by atoms with Gasteiger partial charge in [-0.25, -0.2) is 4.39 Å². The summed E-state index contributed by atoms with van der Waals surface area (Å²) in [4.78, 5) is 34.0. The molecule has 0 saturated carbocycles. The summed E-state index contributed by atoms with van der Waals surface area (Å²) >= 11 is 0. The molecular formula is C35H41CaFN2O7. The molecule has 242 valence electrons. The number of hydrogen-bond donors (Lipinski definition) is 5. The van der Waals surface area contributed by atoms with Crippen LogP contribution in [0.4, 0.5) is 10.1 Å². The van der Waals surface area contributed by atoms with Gasteiger partial charge < -0.3 is 33.2 Å². The van der Waals surface area contributed by atoms with E-state index in [1.807, 2.05) is 79.1 Å². The molecule has 1 aromatic heterocycles. The molecule has 2 atom stereocenters. The van der Waals surface area contributed by atoms with Crippen molar-refractivity contribution in [1.82, 2.24) is 4.57 Å². The predicted molar refractivity (Wildman–Crippen MR) is 179 cm³/mol. The Labute approximate surface area is 300 Å². The molecule has 9 nitrogen and oxygen atoms in total. The van der Waals surface area contributed by atoms with Crippen LogP contribution in [-0.2, 0) is 16.1 Å². The smallest absolute Gasteiger partial charge is 1.00 e. The number of aliphatic hydroxyl groups excluding tert-OH is 2. The van der Waals surface area contributed by atoms with E-state index in [1.165, 1.54) is 12.1 Å². The molecule has 0 aliphatic heterocycles. The Morgan fingerprint density at radius 1 is 0.848 bits per heavy atom. The fourth-order valence-electron chi connectivity index (χ4n) is 5.20. The molecule has 0 radical (unpaired) electrons. The summed E-state index contributed by atoms with van der Waals surface area (Å²) in [5.41, 5.74) is 4.77.